The number of likely N-dealkylation sites (N-methyl/N-ethyl adjacent to an activating group) is 1. The van der Waals surface area contributed by atoms with Gasteiger partial charge in [-0.15, -0.1) is 0 Å². The number of allylic oxidation sites excluding steroid dienone is 1. The second-order valence-corrected chi connectivity index (χ2v) is 5.38. The number of methoxy groups -OCH3 is 1. The number of benzene rings is 1. The van der Waals surface area contributed by atoms with Gasteiger partial charge in [-0.3, -0.25) is 4.79 Å². The van der Waals surface area contributed by atoms with Gasteiger partial charge >= 0.3 is 5.97 Å². The fourth-order valence-corrected chi connectivity index (χ4v) is 2.53. The molecule has 21 heavy (non-hydrogen) atoms. The van der Waals surface area contributed by atoms with Crippen molar-refractivity contribution in [3.63, 3.8) is 0 Å². The highest BCUT2D eigenvalue weighted by Crippen LogP contribution is 2.32. The molecule has 0 bridgehead atoms. The SMILES string of the molecule is COC(=O)C1=C(C)N(C)C(=O)/C1=C/c1ccc(Cl)cc1Cl. The van der Waals surface area contributed by atoms with Crippen molar-refractivity contribution in [1.82, 2.24) is 4.90 Å². The van der Waals surface area contributed by atoms with E-state index in [9.17, 15) is 9.59 Å². The number of rotatable bonds is 2. The molecule has 0 saturated carbocycles. The number of carbonyl (C=O) groups is 2. The first kappa shape index (κ1) is 15.6. The molecule has 0 fully saturated rings. The number of amides is 1. The molecular weight excluding hydrogens is 313 g/mol. The maximum atomic E-state index is 12.3. The van der Waals surface area contributed by atoms with Gasteiger partial charge in [-0.25, -0.2) is 4.79 Å². The molecule has 0 aliphatic carbocycles. The Kier molecular flexibility index (Phi) is 4.40. The number of esters is 1. The first-order valence-electron chi connectivity index (χ1n) is 6.11. The molecule has 1 aliphatic rings. The zero-order valence-electron chi connectivity index (χ0n) is 11.7. The van der Waals surface area contributed by atoms with E-state index in [-0.39, 0.29) is 17.1 Å². The molecule has 1 aromatic carbocycles. The molecule has 0 aromatic heterocycles. The highest BCUT2D eigenvalue weighted by Gasteiger charge is 2.34. The highest BCUT2D eigenvalue weighted by molar-refractivity contribution is 6.35. The third kappa shape index (κ3) is 2.82. The lowest BCUT2D eigenvalue weighted by Gasteiger charge is -2.08. The summed E-state index contributed by atoms with van der Waals surface area (Å²) >= 11 is 11.9. The van der Waals surface area contributed by atoms with Crippen LogP contribution >= 0.6 is 23.2 Å². The minimum Gasteiger partial charge on any atom is -0.465 e. The number of halogens is 2. The van der Waals surface area contributed by atoms with Gasteiger partial charge in [0.25, 0.3) is 5.91 Å². The van der Waals surface area contributed by atoms with Crippen molar-refractivity contribution in [3.05, 3.63) is 50.7 Å². The summed E-state index contributed by atoms with van der Waals surface area (Å²) in [6.07, 6.45) is 1.57. The number of carbonyl (C=O) groups excluding carboxylic acids is 2. The van der Waals surface area contributed by atoms with Crippen LogP contribution in [0.4, 0.5) is 0 Å². The Morgan fingerprint density at radius 1 is 1.33 bits per heavy atom. The molecule has 0 radical (unpaired) electrons. The monoisotopic (exact) mass is 325 g/mol. The normalized spacial score (nSPS) is 16.9. The van der Waals surface area contributed by atoms with Gasteiger partial charge in [0, 0.05) is 22.8 Å². The zero-order valence-corrected chi connectivity index (χ0v) is 13.2. The van der Waals surface area contributed by atoms with Gasteiger partial charge in [0.1, 0.15) is 0 Å². The second-order valence-electron chi connectivity index (χ2n) is 4.54. The van der Waals surface area contributed by atoms with Crippen LogP contribution in [-0.4, -0.2) is 30.9 Å². The van der Waals surface area contributed by atoms with Crippen molar-refractivity contribution in [2.24, 2.45) is 0 Å². The van der Waals surface area contributed by atoms with Gasteiger partial charge in [-0.1, -0.05) is 29.3 Å². The zero-order chi connectivity index (χ0) is 15.7. The molecule has 1 heterocycles. The van der Waals surface area contributed by atoms with Crippen molar-refractivity contribution in [1.29, 1.82) is 0 Å². The standard InChI is InChI=1S/C15H13Cl2NO3/c1-8-13(15(20)21-3)11(14(19)18(8)2)6-9-4-5-10(16)7-12(9)17/h4-7H,1-3H3/b11-6+. The summed E-state index contributed by atoms with van der Waals surface area (Å²) in [7, 11) is 2.88. The van der Waals surface area contributed by atoms with E-state index in [1.165, 1.54) is 12.0 Å². The van der Waals surface area contributed by atoms with Crippen LogP contribution < -0.4 is 0 Å². The van der Waals surface area contributed by atoms with Gasteiger partial charge in [-0.2, -0.15) is 0 Å². The average Bonchev–Trinajstić information content (AvgIpc) is 2.66. The van der Waals surface area contributed by atoms with Gasteiger partial charge in [0.15, 0.2) is 0 Å². The summed E-state index contributed by atoms with van der Waals surface area (Å²) in [5.74, 6) is -0.833. The van der Waals surface area contributed by atoms with Crippen LogP contribution in [0.25, 0.3) is 6.08 Å². The maximum absolute atomic E-state index is 12.3. The molecule has 4 nitrogen and oxygen atoms in total. The Morgan fingerprint density at radius 3 is 2.57 bits per heavy atom. The molecule has 0 spiro atoms. The summed E-state index contributed by atoms with van der Waals surface area (Å²) in [4.78, 5) is 25.6. The van der Waals surface area contributed by atoms with Crippen LogP contribution in [0.15, 0.2) is 35.0 Å². The fraction of sp³-hybridized carbons (Fsp3) is 0.200. The number of hydrogen-bond donors (Lipinski definition) is 0. The lowest BCUT2D eigenvalue weighted by atomic mass is 10.0. The van der Waals surface area contributed by atoms with E-state index >= 15 is 0 Å². The third-order valence-electron chi connectivity index (χ3n) is 3.32. The van der Waals surface area contributed by atoms with Crippen LogP contribution in [0, 0.1) is 0 Å². The second kappa shape index (κ2) is 5.92. The Bertz CT molecular complexity index is 692. The molecule has 6 heteroatoms. The molecular formula is C15H13Cl2NO3. The predicted octanol–water partition coefficient (Wildman–Crippen LogP) is 3.30. The molecule has 1 aromatic rings. The smallest absolute Gasteiger partial charge is 0.340 e. The number of hydrogen-bond acceptors (Lipinski definition) is 3. The van der Waals surface area contributed by atoms with Crippen molar-refractivity contribution in [3.8, 4) is 0 Å². The summed E-state index contributed by atoms with van der Waals surface area (Å²) in [5.41, 5.74) is 1.65. The van der Waals surface area contributed by atoms with E-state index < -0.39 is 5.97 Å². The Labute approximate surface area is 132 Å². The summed E-state index contributed by atoms with van der Waals surface area (Å²) in [6, 6.07) is 4.93. The molecule has 1 aliphatic heterocycles. The minimum absolute atomic E-state index is 0.246. The predicted molar refractivity (Wildman–Crippen MR) is 81.9 cm³/mol. The Balaban J connectivity index is 2.57. The topological polar surface area (TPSA) is 46.6 Å². The minimum atomic E-state index is -0.554. The van der Waals surface area contributed by atoms with Crippen molar-refractivity contribution in [2.75, 3.05) is 14.2 Å². The van der Waals surface area contributed by atoms with Crippen LogP contribution in [0.3, 0.4) is 0 Å². The first-order chi connectivity index (χ1) is 9.86. The Morgan fingerprint density at radius 2 is 2.00 bits per heavy atom. The largest absolute Gasteiger partial charge is 0.465 e. The molecule has 110 valence electrons. The lowest BCUT2D eigenvalue weighted by Crippen LogP contribution is -2.19. The molecule has 0 N–H and O–H groups in total. The van der Waals surface area contributed by atoms with Gasteiger partial charge < -0.3 is 9.64 Å². The quantitative estimate of drug-likeness (QED) is 0.619. The van der Waals surface area contributed by atoms with Gasteiger partial charge in [-0.05, 0) is 30.7 Å². The van der Waals surface area contributed by atoms with Crippen molar-refractivity contribution < 1.29 is 14.3 Å². The third-order valence-corrected chi connectivity index (χ3v) is 3.88. The average molecular weight is 326 g/mol. The fourth-order valence-electron chi connectivity index (χ4n) is 2.07. The summed E-state index contributed by atoms with van der Waals surface area (Å²) < 4.78 is 4.75. The Hall–Kier alpha value is -1.78. The number of nitrogens with zero attached hydrogens (tertiary/aromatic N) is 1. The molecule has 0 atom stereocenters. The van der Waals surface area contributed by atoms with E-state index in [4.69, 9.17) is 27.9 Å². The van der Waals surface area contributed by atoms with E-state index in [0.29, 0.717) is 21.3 Å². The van der Waals surface area contributed by atoms with E-state index in [2.05, 4.69) is 0 Å². The molecule has 2 rings (SSSR count). The van der Waals surface area contributed by atoms with E-state index in [1.807, 2.05) is 0 Å². The van der Waals surface area contributed by atoms with Crippen molar-refractivity contribution in [2.45, 2.75) is 6.92 Å². The van der Waals surface area contributed by atoms with Crippen LogP contribution in [0.1, 0.15) is 12.5 Å². The van der Waals surface area contributed by atoms with Crippen LogP contribution in [0.2, 0.25) is 10.0 Å². The van der Waals surface area contributed by atoms with Crippen LogP contribution in [-0.2, 0) is 14.3 Å². The van der Waals surface area contributed by atoms with Crippen molar-refractivity contribution >= 4 is 41.2 Å². The maximum Gasteiger partial charge on any atom is 0.340 e. The van der Waals surface area contributed by atoms with Crippen LogP contribution in [0.5, 0.6) is 0 Å². The molecule has 0 unspecified atom stereocenters. The van der Waals surface area contributed by atoms with E-state index in [0.717, 1.165) is 0 Å². The van der Waals surface area contributed by atoms with Gasteiger partial charge in [0.2, 0.25) is 0 Å². The molecule has 1 amide bonds. The first-order valence-corrected chi connectivity index (χ1v) is 6.86. The number of ether oxygens (including phenoxy) is 1. The highest BCUT2D eigenvalue weighted by atomic mass is 35.5. The lowest BCUT2D eigenvalue weighted by molar-refractivity contribution is -0.136. The molecule has 0 saturated heterocycles. The van der Waals surface area contributed by atoms with Gasteiger partial charge in [0.05, 0.1) is 18.3 Å². The van der Waals surface area contributed by atoms with E-state index in [1.54, 1.807) is 38.2 Å². The summed E-state index contributed by atoms with van der Waals surface area (Å²) in [6.45, 7) is 1.69. The summed E-state index contributed by atoms with van der Waals surface area (Å²) in [5, 5.41) is 0.899.